The number of aliphatic hydroxyl groups excluding tert-OH is 1. The van der Waals surface area contributed by atoms with Crippen molar-refractivity contribution in [3.8, 4) is 5.75 Å². The lowest BCUT2D eigenvalue weighted by molar-refractivity contribution is -0.137. The van der Waals surface area contributed by atoms with Crippen molar-refractivity contribution in [3.63, 3.8) is 0 Å². The van der Waals surface area contributed by atoms with Gasteiger partial charge in [0.15, 0.2) is 5.96 Å². The molecule has 3 N–H and O–H groups in total. The quantitative estimate of drug-likeness (QED) is 0.304. The number of halogens is 4. The standard InChI is InChI=1S/C18H26F3N3O2.HI/c1-2-22-17(24-14-5-3-4-6-14)23-11-15(25)12-26-16-9-7-13(8-10-16)18(19,20)21;/h7-10,14-15,25H,2-6,11-12H2,1H3,(H2,22,23,24);1H. The van der Waals surface area contributed by atoms with Gasteiger partial charge in [-0.1, -0.05) is 12.8 Å². The number of aliphatic hydroxyl groups is 1. The normalized spacial score (nSPS) is 16.6. The van der Waals surface area contributed by atoms with Crippen molar-refractivity contribution in [2.75, 3.05) is 19.7 Å². The van der Waals surface area contributed by atoms with E-state index in [1.54, 1.807) is 0 Å². The summed E-state index contributed by atoms with van der Waals surface area (Å²) in [6.07, 6.45) is -0.576. The van der Waals surface area contributed by atoms with E-state index in [1.807, 2.05) is 6.92 Å². The van der Waals surface area contributed by atoms with Crippen LogP contribution >= 0.6 is 24.0 Å². The molecule has 1 aliphatic rings. The van der Waals surface area contributed by atoms with Crippen molar-refractivity contribution in [1.82, 2.24) is 10.6 Å². The number of ether oxygens (including phenoxy) is 1. The smallest absolute Gasteiger partial charge is 0.416 e. The topological polar surface area (TPSA) is 65.9 Å². The molecular weight excluding hydrogens is 474 g/mol. The van der Waals surface area contributed by atoms with E-state index >= 15 is 0 Å². The van der Waals surface area contributed by atoms with Crippen LogP contribution in [0.25, 0.3) is 0 Å². The largest absolute Gasteiger partial charge is 0.491 e. The van der Waals surface area contributed by atoms with Crippen LogP contribution in [0.1, 0.15) is 38.2 Å². The maximum atomic E-state index is 12.5. The summed E-state index contributed by atoms with van der Waals surface area (Å²) in [6.45, 7) is 2.78. The Labute approximate surface area is 174 Å². The first-order valence-corrected chi connectivity index (χ1v) is 8.91. The second-order valence-corrected chi connectivity index (χ2v) is 6.33. The third-order valence-corrected chi connectivity index (χ3v) is 4.12. The molecule has 0 heterocycles. The number of aliphatic imine (C=N–C) groups is 1. The molecule has 1 aromatic rings. The van der Waals surface area contributed by atoms with E-state index in [1.165, 1.54) is 25.0 Å². The van der Waals surface area contributed by atoms with Crippen molar-refractivity contribution in [2.45, 2.75) is 50.9 Å². The molecule has 2 rings (SSSR count). The molecule has 1 aromatic carbocycles. The lowest BCUT2D eigenvalue weighted by Gasteiger charge is -2.17. The SMILES string of the molecule is CCNC(=NCC(O)COc1ccc(C(F)(F)F)cc1)NC1CCCC1.I. The second kappa shape index (κ2) is 11.6. The van der Waals surface area contributed by atoms with Gasteiger partial charge in [0, 0.05) is 12.6 Å². The number of alkyl halides is 3. The van der Waals surface area contributed by atoms with Crippen LogP contribution in [0.3, 0.4) is 0 Å². The first-order chi connectivity index (χ1) is 12.4. The number of guanidine groups is 1. The molecule has 0 bridgehead atoms. The van der Waals surface area contributed by atoms with Crippen LogP contribution in [0.4, 0.5) is 13.2 Å². The summed E-state index contributed by atoms with van der Waals surface area (Å²) in [5.41, 5.74) is -0.733. The average Bonchev–Trinajstić information content (AvgIpc) is 3.10. The van der Waals surface area contributed by atoms with Gasteiger partial charge in [0.1, 0.15) is 18.5 Å². The van der Waals surface area contributed by atoms with Gasteiger partial charge >= 0.3 is 6.18 Å². The van der Waals surface area contributed by atoms with Crippen molar-refractivity contribution in [2.24, 2.45) is 4.99 Å². The Hall–Kier alpha value is -1.23. The molecular formula is C18H27F3IN3O2. The van der Waals surface area contributed by atoms with Gasteiger partial charge < -0.3 is 20.5 Å². The fourth-order valence-electron chi connectivity index (χ4n) is 2.77. The van der Waals surface area contributed by atoms with Crippen LogP contribution in [0.5, 0.6) is 5.75 Å². The molecule has 1 atom stereocenters. The van der Waals surface area contributed by atoms with Crippen LogP contribution in [0, 0.1) is 0 Å². The maximum absolute atomic E-state index is 12.5. The van der Waals surface area contributed by atoms with Gasteiger partial charge in [-0.25, -0.2) is 0 Å². The van der Waals surface area contributed by atoms with Crippen LogP contribution in [-0.2, 0) is 6.18 Å². The molecule has 154 valence electrons. The monoisotopic (exact) mass is 501 g/mol. The van der Waals surface area contributed by atoms with Gasteiger partial charge in [-0.2, -0.15) is 13.2 Å². The highest BCUT2D eigenvalue weighted by atomic mass is 127. The van der Waals surface area contributed by atoms with Crippen LogP contribution in [0.2, 0.25) is 0 Å². The molecule has 5 nitrogen and oxygen atoms in total. The average molecular weight is 501 g/mol. The molecule has 0 saturated heterocycles. The zero-order chi connectivity index (χ0) is 19.0. The molecule has 0 aromatic heterocycles. The van der Waals surface area contributed by atoms with Crippen LogP contribution in [0.15, 0.2) is 29.3 Å². The van der Waals surface area contributed by atoms with E-state index in [0.29, 0.717) is 12.0 Å². The number of benzene rings is 1. The predicted octanol–water partition coefficient (Wildman–Crippen LogP) is 3.56. The van der Waals surface area contributed by atoms with E-state index in [-0.39, 0.29) is 42.9 Å². The molecule has 1 saturated carbocycles. The summed E-state index contributed by atoms with van der Waals surface area (Å²) in [6, 6.07) is 4.80. The van der Waals surface area contributed by atoms with Crippen molar-refractivity contribution in [3.05, 3.63) is 29.8 Å². The minimum atomic E-state index is -4.37. The zero-order valence-electron chi connectivity index (χ0n) is 15.3. The van der Waals surface area contributed by atoms with Gasteiger partial charge in [0.25, 0.3) is 0 Å². The fraction of sp³-hybridized carbons (Fsp3) is 0.611. The highest BCUT2D eigenvalue weighted by Gasteiger charge is 2.30. The minimum Gasteiger partial charge on any atom is -0.491 e. The third-order valence-electron chi connectivity index (χ3n) is 4.12. The summed E-state index contributed by atoms with van der Waals surface area (Å²) in [5.74, 6) is 0.935. The summed E-state index contributed by atoms with van der Waals surface area (Å²) in [5, 5.41) is 16.5. The van der Waals surface area contributed by atoms with Gasteiger partial charge in [-0.15, -0.1) is 24.0 Å². The lowest BCUT2D eigenvalue weighted by Crippen LogP contribution is -2.43. The molecule has 0 aliphatic heterocycles. The summed E-state index contributed by atoms with van der Waals surface area (Å²) < 4.78 is 42.9. The van der Waals surface area contributed by atoms with Gasteiger partial charge in [-0.3, -0.25) is 4.99 Å². The first kappa shape index (κ1) is 23.8. The highest BCUT2D eigenvalue weighted by molar-refractivity contribution is 14.0. The Morgan fingerprint density at radius 3 is 2.44 bits per heavy atom. The van der Waals surface area contributed by atoms with Crippen molar-refractivity contribution in [1.29, 1.82) is 0 Å². The molecule has 1 unspecified atom stereocenters. The Morgan fingerprint density at radius 2 is 1.89 bits per heavy atom. The van der Waals surface area contributed by atoms with E-state index in [2.05, 4.69) is 15.6 Å². The molecule has 1 aliphatic carbocycles. The Morgan fingerprint density at radius 1 is 1.26 bits per heavy atom. The van der Waals surface area contributed by atoms with Gasteiger partial charge in [-0.05, 0) is 44.0 Å². The number of hydrogen-bond donors (Lipinski definition) is 3. The van der Waals surface area contributed by atoms with E-state index in [4.69, 9.17) is 4.74 Å². The fourth-order valence-corrected chi connectivity index (χ4v) is 2.77. The van der Waals surface area contributed by atoms with E-state index in [9.17, 15) is 18.3 Å². The zero-order valence-corrected chi connectivity index (χ0v) is 17.6. The summed E-state index contributed by atoms with van der Waals surface area (Å²) in [4.78, 5) is 4.35. The lowest BCUT2D eigenvalue weighted by atomic mass is 10.2. The molecule has 0 amide bonds. The Kier molecular flexibility index (Phi) is 10.2. The number of hydrogen-bond acceptors (Lipinski definition) is 3. The number of nitrogens with one attached hydrogen (secondary N) is 2. The molecule has 1 fully saturated rings. The first-order valence-electron chi connectivity index (χ1n) is 8.91. The summed E-state index contributed by atoms with van der Waals surface area (Å²) in [7, 11) is 0. The maximum Gasteiger partial charge on any atom is 0.416 e. The van der Waals surface area contributed by atoms with E-state index < -0.39 is 17.8 Å². The molecule has 27 heavy (non-hydrogen) atoms. The van der Waals surface area contributed by atoms with Gasteiger partial charge in [0.2, 0.25) is 0 Å². The Balaban J connectivity index is 0.00000364. The van der Waals surface area contributed by atoms with E-state index in [0.717, 1.165) is 31.5 Å². The number of nitrogens with zero attached hydrogens (tertiary/aromatic N) is 1. The van der Waals surface area contributed by atoms with Crippen LogP contribution in [-0.4, -0.2) is 42.9 Å². The van der Waals surface area contributed by atoms with Crippen LogP contribution < -0.4 is 15.4 Å². The van der Waals surface area contributed by atoms with Gasteiger partial charge in [0.05, 0.1) is 12.1 Å². The highest BCUT2D eigenvalue weighted by Crippen LogP contribution is 2.30. The molecule has 0 radical (unpaired) electrons. The Bertz CT molecular complexity index is 576. The van der Waals surface area contributed by atoms with Crippen molar-refractivity contribution < 1.29 is 23.0 Å². The summed E-state index contributed by atoms with van der Waals surface area (Å²) >= 11 is 0. The molecule has 9 heteroatoms. The van der Waals surface area contributed by atoms with Crippen molar-refractivity contribution >= 4 is 29.9 Å². The second-order valence-electron chi connectivity index (χ2n) is 6.33. The third kappa shape index (κ3) is 8.54. The number of rotatable bonds is 7. The minimum absolute atomic E-state index is 0. The molecule has 0 spiro atoms. The predicted molar refractivity (Wildman–Crippen MR) is 110 cm³/mol.